The van der Waals surface area contributed by atoms with Crippen LogP contribution in [0, 0.1) is 0 Å². The van der Waals surface area contributed by atoms with Crippen LogP contribution in [-0.4, -0.2) is 30.3 Å². The highest BCUT2D eigenvalue weighted by Gasteiger charge is 2.05. The number of aromatic nitrogens is 1. The van der Waals surface area contributed by atoms with E-state index in [1.54, 1.807) is 7.11 Å². The number of thiazole rings is 1. The van der Waals surface area contributed by atoms with E-state index in [0.717, 1.165) is 27.2 Å². The lowest BCUT2D eigenvalue weighted by molar-refractivity contribution is -0.119. The minimum absolute atomic E-state index is 0.110. The molecule has 3 rings (SSSR count). The molecule has 1 aromatic heterocycles. The van der Waals surface area contributed by atoms with Gasteiger partial charge in [-0.05, 0) is 48.9 Å². The first-order valence-corrected chi connectivity index (χ1v) is 8.54. The van der Waals surface area contributed by atoms with Gasteiger partial charge in [0.1, 0.15) is 5.75 Å². The molecule has 0 unspecified atom stereocenters. The molecular formula is C18H18N4O2S. The van der Waals surface area contributed by atoms with Crippen molar-refractivity contribution in [2.45, 2.75) is 6.92 Å². The van der Waals surface area contributed by atoms with Crippen LogP contribution in [-0.2, 0) is 4.79 Å². The number of nitrogens with zero attached hydrogens (tertiary/aromatic N) is 2. The van der Waals surface area contributed by atoms with Gasteiger partial charge in [-0.25, -0.2) is 10.4 Å². The third-order valence-electron chi connectivity index (χ3n) is 3.55. The molecule has 2 N–H and O–H groups in total. The number of hydrazone groups is 1. The van der Waals surface area contributed by atoms with Gasteiger partial charge in [0.2, 0.25) is 0 Å². The van der Waals surface area contributed by atoms with Gasteiger partial charge in [-0.2, -0.15) is 5.10 Å². The fourth-order valence-electron chi connectivity index (χ4n) is 2.19. The number of benzene rings is 2. The number of methoxy groups -OCH3 is 1. The van der Waals surface area contributed by atoms with E-state index in [2.05, 4.69) is 20.8 Å². The van der Waals surface area contributed by atoms with Gasteiger partial charge >= 0.3 is 0 Å². The Hall–Kier alpha value is -2.93. The molecular weight excluding hydrogens is 336 g/mol. The van der Waals surface area contributed by atoms with Crippen LogP contribution >= 0.6 is 11.3 Å². The van der Waals surface area contributed by atoms with Crippen LogP contribution in [0.25, 0.3) is 10.2 Å². The summed E-state index contributed by atoms with van der Waals surface area (Å²) < 4.78 is 6.20. The molecule has 0 radical (unpaired) electrons. The van der Waals surface area contributed by atoms with Crippen molar-refractivity contribution in [3.63, 3.8) is 0 Å². The first-order chi connectivity index (χ1) is 12.2. The molecule has 0 saturated carbocycles. The van der Waals surface area contributed by atoms with Crippen LogP contribution in [0.1, 0.15) is 12.5 Å². The topological polar surface area (TPSA) is 75.6 Å². The largest absolute Gasteiger partial charge is 0.497 e. The van der Waals surface area contributed by atoms with Crippen molar-refractivity contribution in [2.75, 3.05) is 19.0 Å². The van der Waals surface area contributed by atoms with Crippen molar-refractivity contribution in [3.05, 3.63) is 54.1 Å². The number of ether oxygens (including phenoxy) is 1. The second kappa shape index (κ2) is 7.76. The van der Waals surface area contributed by atoms with E-state index in [1.807, 2.05) is 55.5 Å². The first kappa shape index (κ1) is 16.9. The summed E-state index contributed by atoms with van der Waals surface area (Å²) in [4.78, 5) is 16.4. The number of anilines is 1. The van der Waals surface area contributed by atoms with Crippen molar-refractivity contribution in [1.82, 2.24) is 10.4 Å². The summed E-state index contributed by atoms with van der Waals surface area (Å²) in [7, 11) is 1.62. The molecule has 25 heavy (non-hydrogen) atoms. The Morgan fingerprint density at radius 1 is 1.20 bits per heavy atom. The van der Waals surface area contributed by atoms with Gasteiger partial charge in [-0.3, -0.25) is 4.79 Å². The second-order valence-corrected chi connectivity index (χ2v) is 6.33. The van der Waals surface area contributed by atoms with E-state index in [0.29, 0.717) is 5.13 Å². The van der Waals surface area contributed by atoms with E-state index < -0.39 is 0 Å². The smallest absolute Gasteiger partial charge is 0.259 e. The van der Waals surface area contributed by atoms with Gasteiger partial charge in [0, 0.05) is 0 Å². The van der Waals surface area contributed by atoms with E-state index in [1.165, 1.54) is 11.3 Å². The maximum absolute atomic E-state index is 11.9. The van der Waals surface area contributed by atoms with Gasteiger partial charge in [0.05, 0.1) is 29.6 Å². The molecule has 1 amide bonds. The maximum atomic E-state index is 11.9. The fraction of sp³-hybridized carbons (Fsp3) is 0.167. The number of amides is 1. The number of fused-ring (bicyclic) bond motifs is 1. The van der Waals surface area contributed by atoms with Crippen LogP contribution in [0.5, 0.6) is 5.75 Å². The SMILES string of the molecule is COc1ccc(/C(C)=N\NC(=O)CNc2nc3ccccc3s2)cc1. The van der Waals surface area contributed by atoms with Gasteiger partial charge in [-0.15, -0.1) is 0 Å². The van der Waals surface area contributed by atoms with Crippen LogP contribution in [0.3, 0.4) is 0 Å². The second-order valence-electron chi connectivity index (χ2n) is 5.30. The lowest BCUT2D eigenvalue weighted by Gasteiger charge is -2.05. The number of hydrogen-bond acceptors (Lipinski definition) is 6. The summed E-state index contributed by atoms with van der Waals surface area (Å²) in [5.74, 6) is 0.549. The lowest BCUT2D eigenvalue weighted by atomic mass is 10.1. The molecule has 0 aliphatic heterocycles. The average molecular weight is 354 g/mol. The van der Waals surface area contributed by atoms with Crippen LogP contribution in [0.15, 0.2) is 53.6 Å². The minimum Gasteiger partial charge on any atom is -0.497 e. The summed E-state index contributed by atoms with van der Waals surface area (Å²) in [6.07, 6.45) is 0. The molecule has 0 spiro atoms. The molecule has 3 aromatic rings. The van der Waals surface area contributed by atoms with Crippen molar-refractivity contribution in [2.24, 2.45) is 5.10 Å². The first-order valence-electron chi connectivity index (χ1n) is 7.72. The summed E-state index contributed by atoms with van der Waals surface area (Å²) in [6.45, 7) is 1.95. The predicted octanol–water partition coefficient (Wildman–Crippen LogP) is 3.26. The molecule has 128 valence electrons. The van der Waals surface area contributed by atoms with Crippen molar-refractivity contribution >= 4 is 38.3 Å². The van der Waals surface area contributed by atoms with Crippen molar-refractivity contribution < 1.29 is 9.53 Å². The van der Waals surface area contributed by atoms with Gasteiger partial charge in [-0.1, -0.05) is 23.5 Å². The summed E-state index contributed by atoms with van der Waals surface area (Å²) >= 11 is 1.51. The molecule has 0 saturated heterocycles. The quantitative estimate of drug-likeness (QED) is 0.526. The van der Waals surface area contributed by atoms with E-state index in [9.17, 15) is 4.79 Å². The van der Waals surface area contributed by atoms with Gasteiger partial charge in [0.15, 0.2) is 5.13 Å². The van der Waals surface area contributed by atoms with Crippen LogP contribution in [0.4, 0.5) is 5.13 Å². The Bertz CT molecular complexity index is 870. The Kier molecular flexibility index (Phi) is 5.25. The summed E-state index contributed by atoms with van der Waals surface area (Å²) in [5, 5.41) is 7.86. The highest BCUT2D eigenvalue weighted by atomic mass is 32.1. The Morgan fingerprint density at radius 3 is 2.68 bits per heavy atom. The highest BCUT2D eigenvalue weighted by molar-refractivity contribution is 7.22. The zero-order valence-corrected chi connectivity index (χ0v) is 14.8. The third-order valence-corrected chi connectivity index (χ3v) is 4.54. The van der Waals surface area contributed by atoms with E-state index in [4.69, 9.17) is 4.74 Å². The van der Waals surface area contributed by atoms with Crippen LogP contribution in [0.2, 0.25) is 0 Å². The highest BCUT2D eigenvalue weighted by Crippen LogP contribution is 2.24. The van der Waals surface area contributed by atoms with E-state index >= 15 is 0 Å². The van der Waals surface area contributed by atoms with Crippen molar-refractivity contribution in [3.8, 4) is 5.75 Å². The number of nitrogens with one attached hydrogen (secondary N) is 2. The summed E-state index contributed by atoms with van der Waals surface area (Å²) in [5.41, 5.74) is 5.10. The fourth-order valence-corrected chi connectivity index (χ4v) is 3.05. The molecule has 7 heteroatoms. The zero-order chi connectivity index (χ0) is 17.6. The Labute approximate surface area is 149 Å². The molecule has 6 nitrogen and oxygen atoms in total. The number of hydrogen-bond donors (Lipinski definition) is 2. The standard InChI is InChI=1S/C18H18N4O2S/c1-12(13-7-9-14(24-2)10-8-13)21-22-17(23)11-19-18-20-15-5-3-4-6-16(15)25-18/h3-10H,11H2,1-2H3,(H,19,20)(H,22,23)/b21-12-. The van der Waals surface area contributed by atoms with Gasteiger partial charge < -0.3 is 10.1 Å². The number of carbonyl (C=O) groups excluding carboxylic acids is 1. The number of para-hydroxylation sites is 1. The number of rotatable bonds is 6. The summed E-state index contributed by atoms with van der Waals surface area (Å²) in [6, 6.07) is 15.3. The minimum atomic E-state index is -0.230. The Morgan fingerprint density at radius 2 is 1.96 bits per heavy atom. The molecule has 0 bridgehead atoms. The van der Waals surface area contributed by atoms with E-state index in [-0.39, 0.29) is 12.5 Å². The molecule has 0 aliphatic carbocycles. The van der Waals surface area contributed by atoms with Crippen molar-refractivity contribution in [1.29, 1.82) is 0 Å². The normalized spacial score (nSPS) is 11.4. The predicted molar refractivity (Wildman–Crippen MR) is 101 cm³/mol. The zero-order valence-electron chi connectivity index (χ0n) is 13.9. The van der Waals surface area contributed by atoms with Gasteiger partial charge in [0.25, 0.3) is 5.91 Å². The molecule has 0 atom stereocenters. The molecule has 2 aromatic carbocycles. The third kappa shape index (κ3) is 4.33. The maximum Gasteiger partial charge on any atom is 0.259 e. The molecule has 0 aliphatic rings. The average Bonchev–Trinajstić information content (AvgIpc) is 3.07. The number of carbonyl (C=O) groups is 1. The Balaban J connectivity index is 1.54. The molecule has 0 fully saturated rings. The monoisotopic (exact) mass is 354 g/mol. The lowest BCUT2D eigenvalue weighted by Crippen LogP contribution is -2.26. The van der Waals surface area contributed by atoms with Crippen LogP contribution < -0.4 is 15.5 Å². The molecule has 1 heterocycles.